The summed E-state index contributed by atoms with van der Waals surface area (Å²) in [6.45, 7) is 3.30. The van der Waals surface area contributed by atoms with Gasteiger partial charge in [-0.25, -0.2) is 5.01 Å². The molecule has 36 heavy (non-hydrogen) atoms. The van der Waals surface area contributed by atoms with Crippen LogP contribution in [0.15, 0.2) is 65.8 Å². The molecule has 0 saturated heterocycles. The van der Waals surface area contributed by atoms with E-state index >= 15 is 0 Å². The molecule has 0 fully saturated rings. The molecule has 1 aliphatic heterocycles. The minimum atomic E-state index is -0.466. The Balaban J connectivity index is 1.80. The van der Waals surface area contributed by atoms with E-state index in [2.05, 4.69) is 0 Å². The van der Waals surface area contributed by atoms with E-state index in [-0.39, 0.29) is 5.91 Å². The van der Waals surface area contributed by atoms with Crippen LogP contribution in [0.1, 0.15) is 46.4 Å². The van der Waals surface area contributed by atoms with Gasteiger partial charge in [0.15, 0.2) is 11.5 Å². The zero-order valence-corrected chi connectivity index (χ0v) is 20.9. The van der Waals surface area contributed by atoms with Crippen LogP contribution < -0.4 is 18.9 Å². The highest BCUT2D eigenvalue weighted by atomic mass is 16.5. The van der Waals surface area contributed by atoms with Gasteiger partial charge in [-0.3, -0.25) is 9.59 Å². The smallest absolute Gasteiger partial charge is 0.308 e. The van der Waals surface area contributed by atoms with Crippen LogP contribution in [-0.2, 0) is 4.79 Å². The lowest BCUT2D eigenvalue weighted by molar-refractivity contribution is -0.131. The van der Waals surface area contributed by atoms with Crippen molar-refractivity contribution in [2.24, 2.45) is 5.10 Å². The Labute approximate surface area is 210 Å². The van der Waals surface area contributed by atoms with Gasteiger partial charge in [0.2, 0.25) is 0 Å². The molecule has 8 heteroatoms. The van der Waals surface area contributed by atoms with Crippen molar-refractivity contribution in [2.75, 3.05) is 21.3 Å². The van der Waals surface area contributed by atoms with Crippen LogP contribution in [-0.4, -0.2) is 43.9 Å². The van der Waals surface area contributed by atoms with Gasteiger partial charge in [0.05, 0.1) is 33.1 Å². The van der Waals surface area contributed by atoms with Crippen LogP contribution in [0, 0.1) is 6.92 Å². The highest BCUT2D eigenvalue weighted by Crippen LogP contribution is 2.39. The summed E-state index contributed by atoms with van der Waals surface area (Å²) in [7, 11) is 4.67. The number of benzene rings is 3. The van der Waals surface area contributed by atoms with E-state index in [1.807, 2.05) is 31.2 Å². The fourth-order valence-corrected chi connectivity index (χ4v) is 4.12. The number of carbonyl (C=O) groups is 2. The summed E-state index contributed by atoms with van der Waals surface area (Å²) in [5, 5.41) is 6.21. The number of methoxy groups -OCH3 is 3. The van der Waals surface area contributed by atoms with Gasteiger partial charge in [0, 0.05) is 30.5 Å². The maximum absolute atomic E-state index is 13.6. The molecule has 0 bridgehead atoms. The summed E-state index contributed by atoms with van der Waals surface area (Å²) in [6, 6.07) is 17.7. The van der Waals surface area contributed by atoms with Gasteiger partial charge in [-0.1, -0.05) is 23.8 Å². The van der Waals surface area contributed by atoms with E-state index in [1.54, 1.807) is 50.6 Å². The SMILES string of the molecule is COc1ccc(C2=NN(C(=O)c3ccc(C)cc3)C(c3ccc(OC)c(OC)c3)C2)c(OC(C)=O)c1. The molecule has 0 N–H and O–H groups in total. The third-order valence-electron chi connectivity index (χ3n) is 5.96. The summed E-state index contributed by atoms with van der Waals surface area (Å²) < 4.78 is 21.6. The lowest BCUT2D eigenvalue weighted by atomic mass is 9.97. The van der Waals surface area contributed by atoms with Gasteiger partial charge in [-0.15, -0.1) is 0 Å². The summed E-state index contributed by atoms with van der Waals surface area (Å²) in [6.07, 6.45) is 0.397. The van der Waals surface area contributed by atoms with E-state index in [9.17, 15) is 9.59 Å². The number of hydrogen-bond donors (Lipinski definition) is 0. The molecule has 3 aromatic carbocycles. The fraction of sp³-hybridized carbons (Fsp3) is 0.250. The first-order chi connectivity index (χ1) is 17.3. The topological polar surface area (TPSA) is 86.7 Å². The average molecular weight is 489 g/mol. The molecule has 1 unspecified atom stereocenters. The van der Waals surface area contributed by atoms with Crippen LogP contribution in [0.5, 0.6) is 23.0 Å². The third kappa shape index (κ3) is 5.02. The number of amides is 1. The van der Waals surface area contributed by atoms with E-state index in [0.717, 1.165) is 11.1 Å². The Kier molecular flexibility index (Phi) is 7.24. The molecule has 1 amide bonds. The first-order valence-corrected chi connectivity index (χ1v) is 11.4. The molecule has 0 spiro atoms. The second kappa shape index (κ2) is 10.5. The molecule has 0 aliphatic carbocycles. The fourth-order valence-electron chi connectivity index (χ4n) is 4.12. The second-order valence-corrected chi connectivity index (χ2v) is 8.35. The normalized spacial score (nSPS) is 14.8. The maximum atomic E-state index is 13.6. The summed E-state index contributed by atoms with van der Waals surface area (Å²) >= 11 is 0. The summed E-state index contributed by atoms with van der Waals surface area (Å²) in [4.78, 5) is 25.4. The predicted octanol–water partition coefficient (Wildman–Crippen LogP) is 4.94. The number of hydrazone groups is 1. The molecule has 1 aliphatic rings. The Morgan fingerprint density at radius 1 is 0.861 bits per heavy atom. The quantitative estimate of drug-likeness (QED) is 0.346. The van der Waals surface area contributed by atoms with Crippen LogP contribution in [0.3, 0.4) is 0 Å². The second-order valence-electron chi connectivity index (χ2n) is 8.35. The minimum absolute atomic E-state index is 0.243. The Morgan fingerprint density at radius 3 is 2.22 bits per heavy atom. The van der Waals surface area contributed by atoms with E-state index in [1.165, 1.54) is 19.0 Å². The number of aryl methyl sites for hydroxylation is 1. The van der Waals surface area contributed by atoms with Crippen LogP contribution in [0.4, 0.5) is 0 Å². The molecule has 186 valence electrons. The number of hydrogen-bond acceptors (Lipinski definition) is 7. The summed E-state index contributed by atoms with van der Waals surface area (Å²) in [5.74, 6) is 1.29. The molecule has 4 rings (SSSR count). The molecule has 0 saturated carbocycles. The van der Waals surface area contributed by atoms with Crippen LogP contribution >= 0.6 is 0 Å². The van der Waals surface area contributed by atoms with Crippen molar-refractivity contribution in [2.45, 2.75) is 26.3 Å². The predicted molar refractivity (Wildman–Crippen MR) is 135 cm³/mol. The van der Waals surface area contributed by atoms with Crippen molar-refractivity contribution < 1.29 is 28.5 Å². The molecule has 0 aromatic heterocycles. The zero-order valence-electron chi connectivity index (χ0n) is 20.9. The zero-order chi connectivity index (χ0) is 25.8. The van der Waals surface area contributed by atoms with E-state index < -0.39 is 12.0 Å². The van der Waals surface area contributed by atoms with Crippen molar-refractivity contribution >= 4 is 17.6 Å². The monoisotopic (exact) mass is 488 g/mol. The van der Waals surface area contributed by atoms with Gasteiger partial charge < -0.3 is 18.9 Å². The Hall–Kier alpha value is -4.33. The van der Waals surface area contributed by atoms with Gasteiger partial charge in [0.25, 0.3) is 5.91 Å². The largest absolute Gasteiger partial charge is 0.497 e. The first kappa shape index (κ1) is 24.8. The van der Waals surface area contributed by atoms with Crippen LogP contribution in [0.25, 0.3) is 0 Å². The third-order valence-corrected chi connectivity index (χ3v) is 5.96. The lowest BCUT2D eigenvalue weighted by Gasteiger charge is -2.23. The first-order valence-electron chi connectivity index (χ1n) is 11.4. The Morgan fingerprint density at radius 2 is 1.58 bits per heavy atom. The molecule has 3 aromatic rings. The maximum Gasteiger partial charge on any atom is 0.308 e. The minimum Gasteiger partial charge on any atom is -0.497 e. The molecule has 1 atom stereocenters. The molecule has 0 radical (unpaired) electrons. The number of ether oxygens (including phenoxy) is 4. The van der Waals surface area contributed by atoms with Crippen molar-refractivity contribution in [3.8, 4) is 23.0 Å². The number of esters is 1. The van der Waals surface area contributed by atoms with Crippen molar-refractivity contribution in [1.82, 2.24) is 5.01 Å². The Bertz CT molecular complexity index is 1320. The standard InChI is InChI=1S/C28H28N2O6/c1-17-6-8-19(9-7-17)28(32)30-24(20-10-13-25(34-4)27(14-20)35-5)16-23(29-30)22-12-11-21(33-3)15-26(22)36-18(2)31/h6-15,24H,16H2,1-5H3. The number of rotatable bonds is 7. The lowest BCUT2D eigenvalue weighted by Crippen LogP contribution is -2.27. The highest BCUT2D eigenvalue weighted by molar-refractivity contribution is 6.07. The number of carbonyl (C=O) groups excluding carboxylic acids is 2. The van der Waals surface area contributed by atoms with Crippen molar-refractivity contribution in [3.05, 3.63) is 82.9 Å². The molecular weight excluding hydrogens is 460 g/mol. The van der Waals surface area contributed by atoms with Gasteiger partial charge >= 0.3 is 5.97 Å². The molecular formula is C28H28N2O6. The van der Waals surface area contributed by atoms with Crippen LogP contribution in [0.2, 0.25) is 0 Å². The average Bonchev–Trinajstić information content (AvgIpc) is 3.33. The highest BCUT2D eigenvalue weighted by Gasteiger charge is 2.35. The summed E-state index contributed by atoms with van der Waals surface area (Å²) in [5.41, 5.74) is 3.61. The van der Waals surface area contributed by atoms with E-state index in [4.69, 9.17) is 24.0 Å². The van der Waals surface area contributed by atoms with Gasteiger partial charge in [-0.2, -0.15) is 5.10 Å². The van der Waals surface area contributed by atoms with E-state index in [0.29, 0.717) is 46.3 Å². The molecule has 1 heterocycles. The van der Waals surface area contributed by atoms with Gasteiger partial charge in [-0.05, 0) is 48.9 Å². The van der Waals surface area contributed by atoms with Crippen molar-refractivity contribution in [1.29, 1.82) is 0 Å². The molecule has 8 nitrogen and oxygen atoms in total. The van der Waals surface area contributed by atoms with Gasteiger partial charge in [0.1, 0.15) is 11.5 Å². The number of nitrogens with zero attached hydrogens (tertiary/aromatic N) is 2. The van der Waals surface area contributed by atoms with Crippen molar-refractivity contribution in [3.63, 3.8) is 0 Å².